The van der Waals surface area contributed by atoms with Crippen molar-refractivity contribution in [2.75, 3.05) is 0 Å². The summed E-state index contributed by atoms with van der Waals surface area (Å²) in [6, 6.07) is 13.2. The summed E-state index contributed by atoms with van der Waals surface area (Å²) >= 11 is 0. The second-order valence-corrected chi connectivity index (χ2v) is 6.38. The summed E-state index contributed by atoms with van der Waals surface area (Å²) in [5.74, 6) is 0. The Morgan fingerprint density at radius 1 is 1.17 bits per heavy atom. The van der Waals surface area contributed by atoms with E-state index in [0.29, 0.717) is 5.52 Å². The number of rotatable bonds is 1. The normalized spacial score (nSPS) is 11.6. The number of aromatic nitrogens is 2. The molecular formula is C18H19N2O3+. The highest BCUT2D eigenvalue weighted by Crippen LogP contribution is 2.28. The summed E-state index contributed by atoms with van der Waals surface area (Å²) in [6.45, 7) is 5.50. The number of nitrogens with zero attached hydrogens (tertiary/aromatic N) is 2. The SMILES string of the molecule is CC(C)(C)OC(=O)n1c(-c2ccccc2)cc2c[n+](O)ccc21. The van der Waals surface area contributed by atoms with Gasteiger partial charge in [-0.25, -0.2) is 9.36 Å². The molecular weight excluding hydrogens is 292 g/mol. The number of ether oxygens (including phenoxy) is 1. The first-order chi connectivity index (χ1) is 10.8. The first-order valence-electron chi connectivity index (χ1n) is 7.40. The monoisotopic (exact) mass is 311 g/mol. The summed E-state index contributed by atoms with van der Waals surface area (Å²) < 4.78 is 8.04. The number of carbonyl (C=O) groups is 1. The molecule has 3 rings (SSSR count). The van der Waals surface area contributed by atoms with Gasteiger partial charge in [0.25, 0.3) is 0 Å². The van der Waals surface area contributed by atoms with Gasteiger partial charge < -0.3 is 4.74 Å². The Morgan fingerprint density at radius 3 is 2.52 bits per heavy atom. The van der Waals surface area contributed by atoms with Crippen molar-refractivity contribution >= 4 is 17.0 Å². The lowest BCUT2D eigenvalue weighted by Crippen LogP contribution is -2.29. The van der Waals surface area contributed by atoms with Crippen LogP contribution in [0.1, 0.15) is 20.8 Å². The van der Waals surface area contributed by atoms with Crippen molar-refractivity contribution in [1.29, 1.82) is 0 Å². The van der Waals surface area contributed by atoms with Gasteiger partial charge in [-0.3, -0.25) is 5.21 Å². The highest BCUT2D eigenvalue weighted by molar-refractivity contribution is 5.95. The van der Waals surface area contributed by atoms with E-state index in [9.17, 15) is 10.0 Å². The maximum absolute atomic E-state index is 12.7. The molecule has 0 aliphatic rings. The lowest BCUT2D eigenvalue weighted by molar-refractivity contribution is -0.903. The molecule has 0 fully saturated rings. The number of hydrogen-bond acceptors (Lipinski definition) is 3. The molecule has 0 unspecified atom stereocenters. The second-order valence-electron chi connectivity index (χ2n) is 6.38. The molecule has 5 heteroatoms. The Labute approximate surface area is 134 Å². The molecule has 2 heterocycles. The maximum Gasteiger partial charge on any atom is 0.419 e. The molecule has 0 bridgehead atoms. The first kappa shape index (κ1) is 15.1. The van der Waals surface area contributed by atoms with Gasteiger partial charge in [-0.2, -0.15) is 0 Å². The van der Waals surface area contributed by atoms with E-state index in [4.69, 9.17) is 4.74 Å². The average molecular weight is 311 g/mol. The van der Waals surface area contributed by atoms with E-state index in [1.165, 1.54) is 10.8 Å². The third-order valence-corrected chi connectivity index (χ3v) is 3.37. The van der Waals surface area contributed by atoms with E-state index >= 15 is 0 Å². The van der Waals surface area contributed by atoms with E-state index in [1.807, 2.05) is 57.2 Å². The van der Waals surface area contributed by atoms with Crippen molar-refractivity contribution in [2.45, 2.75) is 26.4 Å². The van der Waals surface area contributed by atoms with Crippen molar-refractivity contribution in [1.82, 2.24) is 4.57 Å². The largest absolute Gasteiger partial charge is 0.443 e. The van der Waals surface area contributed by atoms with Crippen molar-refractivity contribution < 1.29 is 19.5 Å². The Balaban J connectivity index is 2.22. The summed E-state index contributed by atoms with van der Waals surface area (Å²) in [4.78, 5) is 12.7. The van der Waals surface area contributed by atoms with Crippen LogP contribution in [0.4, 0.5) is 4.79 Å². The minimum absolute atomic E-state index is 0.443. The van der Waals surface area contributed by atoms with Gasteiger partial charge in [-0.15, -0.1) is 0 Å². The fourth-order valence-electron chi connectivity index (χ4n) is 2.48. The number of hydrogen-bond donors (Lipinski definition) is 1. The van der Waals surface area contributed by atoms with Gasteiger partial charge in [0.2, 0.25) is 12.4 Å². The quantitative estimate of drug-likeness (QED) is 0.551. The van der Waals surface area contributed by atoms with E-state index in [-0.39, 0.29) is 0 Å². The van der Waals surface area contributed by atoms with E-state index in [0.717, 1.165) is 21.4 Å². The van der Waals surface area contributed by atoms with Gasteiger partial charge in [-0.05, 0) is 32.4 Å². The first-order valence-corrected chi connectivity index (χ1v) is 7.40. The molecule has 0 aliphatic heterocycles. The molecule has 0 saturated heterocycles. The average Bonchev–Trinajstić information content (AvgIpc) is 2.85. The Bertz CT molecular complexity index is 861. The molecule has 1 aromatic carbocycles. The highest BCUT2D eigenvalue weighted by atomic mass is 16.6. The third kappa shape index (κ3) is 3.04. The van der Waals surface area contributed by atoms with Crippen LogP contribution in [-0.4, -0.2) is 21.5 Å². The minimum atomic E-state index is -0.590. The minimum Gasteiger partial charge on any atom is -0.443 e. The van der Waals surface area contributed by atoms with E-state index < -0.39 is 11.7 Å². The van der Waals surface area contributed by atoms with Crippen molar-refractivity contribution in [3.63, 3.8) is 0 Å². The van der Waals surface area contributed by atoms with Crippen LogP contribution < -0.4 is 4.73 Å². The summed E-state index contributed by atoms with van der Waals surface area (Å²) in [6.07, 6.45) is 2.60. The van der Waals surface area contributed by atoms with Crippen LogP contribution in [0.5, 0.6) is 0 Å². The number of carbonyl (C=O) groups excluding carboxylic acids is 1. The van der Waals surface area contributed by atoms with Crippen LogP contribution in [0.2, 0.25) is 0 Å². The van der Waals surface area contributed by atoms with Crippen LogP contribution in [0.15, 0.2) is 54.9 Å². The lowest BCUT2D eigenvalue weighted by Gasteiger charge is -2.21. The predicted molar refractivity (Wildman–Crippen MR) is 86.4 cm³/mol. The van der Waals surface area contributed by atoms with Gasteiger partial charge in [0.15, 0.2) is 0 Å². The number of fused-ring (bicyclic) bond motifs is 1. The molecule has 0 aliphatic carbocycles. The van der Waals surface area contributed by atoms with Crippen LogP contribution in [0.25, 0.3) is 22.2 Å². The zero-order chi connectivity index (χ0) is 16.6. The van der Waals surface area contributed by atoms with Gasteiger partial charge in [0.1, 0.15) is 5.60 Å². The molecule has 0 spiro atoms. The molecule has 3 aromatic rings. The van der Waals surface area contributed by atoms with Gasteiger partial charge >= 0.3 is 6.09 Å². The zero-order valence-corrected chi connectivity index (χ0v) is 13.4. The molecule has 0 atom stereocenters. The highest BCUT2D eigenvalue weighted by Gasteiger charge is 2.23. The molecule has 2 aromatic heterocycles. The van der Waals surface area contributed by atoms with Gasteiger partial charge in [-0.1, -0.05) is 30.3 Å². The molecule has 1 N–H and O–H groups in total. The number of benzene rings is 1. The standard InChI is InChI=1S/C18H19N2O3/c1-18(2,3)23-17(21)20-15-9-10-19(22)12-14(15)11-16(20)13-7-5-4-6-8-13/h4-12,22H,1-3H3/q+1. The molecule has 118 valence electrons. The van der Waals surface area contributed by atoms with E-state index in [2.05, 4.69) is 0 Å². The van der Waals surface area contributed by atoms with Crippen molar-refractivity contribution in [3.8, 4) is 11.3 Å². The second kappa shape index (κ2) is 5.43. The van der Waals surface area contributed by atoms with Crippen LogP contribution in [0, 0.1) is 0 Å². The predicted octanol–water partition coefficient (Wildman–Crippen LogP) is 3.62. The zero-order valence-electron chi connectivity index (χ0n) is 13.4. The summed E-state index contributed by atoms with van der Waals surface area (Å²) in [7, 11) is 0. The number of pyridine rings is 1. The molecule has 0 amide bonds. The molecule has 0 radical (unpaired) electrons. The third-order valence-electron chi connectivity index (χ3n) is 3.37. The fraction of sp³-hybridized carbons (Fsp3) is 0.222. The van der Waals surface area contributed by atoms with Crippen LogP contribution >= 0.6 is 0 Å². The Hall–Kier alpha value is -2.82. The van der Waals surface area contributed by atoms with Crippen LogP contribution in [-0.2, 0) is 4.74 Å². The molecule has 5 nitrogen and oxygen atoms in total. The smallest absolute Gasteiger partial charge is 0.419 e. The Kier molecular flexibility index (Phi) is 3.56. The van der Waals surface area contributed by atoms with E-state index in [1.54, 1.807) is 12.3 Å². The molecule has 23 heavy (non-hydrogen) atoms. The topological polar surface area (TPSA) is 55.3 Å². The van der Waals surface area contributed by atoms with Crippen molar-refractivity contribution in [2.24, 2.45) is 0 Å². The molecule has 0 saturated carbocycles. The maximum atomic E-state index is 12.7. The van der Waals surface area contributed by atoms with Crippen molar-refractivity contribution in [3.05, 3.63) is 54.9 Å². The van der Waals surface area contributed by atoms with Gasteiger partial charge in [0.05, 0.1) is 16.6 Å². The summed E-state index contributed by atoms with van der Waals surface area (Å²) in [5.41, 5.74) is 1.72. The van der Waals surface area contributed by atoms with Gasteiger partial charge in [0, 0.05) is 10.8 Å². The fourth-order valence-corrected chi connectivity index (χ4v) is 2.48. The summed E-state index contributed by atoms with van der Waals surface area (Å²) in [5, 5.41) is 10.4. The van der Waals surface area contributed by atoms with Crippen LogP contribution in [0.3, 0.4) is 0 Å². The lowest BCUT2D eigenvalue weighted by atomic mass is 10.1. The Morgan fingerprint density at radius 2 is 1.87 bits per heavy atom.